The molecule has 1 fully saturated rings. The number of carbonyl (C=O) groups excluding carboxylic acids is 3. The summed E-state index contributed by atoms with van der Waals surface area (Å²) >= 11 is 11.9. The molecule has 1 unspecified atom stereocenters. The number of hydrogen-bond acceptors (Lipinski definition) is 11. The molecule has 0 bridgehead atoms. The molecule has 0 amide bonds. The van der Waals surface area contributed by atoms with Crippen LogP contribution in [0, 0.1) is 13.5 Å². The van der Waals surface area contributed by atoms with Crippen LogP contribution in [0.3, 0.4) is 0 Å². The first-order chi connectivity index (χ1) is 15.7. The van der Waals surface area contributed by atoms with Gasteiger partial charge in [-0.15, -0.1) is 0 Å². The third-order valence-corrected chi connectivity index (χ3v) is 8.21. The maximum Gasteiger partial charge on any atom is 0.488 e. The summed E-state index contributed by atoms with van der Waals surface area (Å²) in [7, 11) is -5.05. The molecule has 0 aromatic heterocycles. The quantitative estimate of drug-likeness (QED) is 0.198. The second kappa shape index (κ2) is 8.84. The van der Waals surface area contributed by atoms with Gasteiger partial charge < -0.3 is 15.3 Å². The van der Waals surface area contributed by atoms with Crippen molar-refractivity contribution in [3.8, 4) is 0 Å². The number of aliphatic hydroxyl groups is 4. The van der Waals surface area contributed by atoms with Gasteiger partial charge in [-0.2, -0.15) is 8.42 Å². The summed E-state index contributed by atoms with van der Waals surface area (Å²) in [5.41, 5.74) is -7.28. The van der Waals surface area contributed by atoms with E-state index < -0.39 is 65.7 Å². The van der Waals surface area contributed by atoms with E-state index in [1.165, 1.54) is 12.1 Å². The highest BCUT2D eigenvalue weighted by Gasteiger charge is 2.88. The Hall–Kier alpha value is -1.99. The van der Waals surface area contributed by atoms with Crippen LogP contribution in [-0.4, -0.2) is 79.5 Å². The van der Waals surface area contributed by atoms with E-state index >= 15 is 0 Å². The van der Waals surface area contributed by atoms with Crippen LogP contribution in [0.25, 0.3) is 4.85 Å². The minimum Gasteiger partial charge on any atom is -0.376 e. The van der Waals surface area contributed by atoms with Gasteiger partial charge in [-0.1, -0.05) is 40.9 Å². The van der Waals surface area contributed by atoms with Crippen LogP contribution < -0.4 is 0 Å². The first-order valence-electron chi connectivity index (χ1n) is 9.58. The Kier molecular flexibility index (Phi) is 7.39. The Bertz CT molecular complexity index is 1230. The number of aryl methyl sites for hydroxylation is 1. The largest absolute Gasteiger partial charge is 0.488 e. The fourth-order valence-electron chi connectivity index (χ4n) is 3.61. The molecule has 0 spiro atoms. The number of Topliss-reactive ketones (excluding diaryl/α,β-unsaturated/α-hetero) is 3. The molecule has 12 nitrogen and oxygen atoms in total. The summed E-state index contributed by atoms with van der Waals surface area (Å²) in [5, 5.41) is 36.8. The van der Waals surface area contributed by atoms with E-state index in [1.54, 1.807) is 6.92 Å². The molecule has 1 heterocycles. The van der Waals surface area contributed by atoms with Gasteiger partial charge in [0.25, 0.3) is 16.2 Å². The number of ether oxygens (including phenoxy) is 1. The maximum atomic E-state index is 12.9. The van der Waals surface area contributed by atoms with E-state index in [1.807, 2.05) is 0 Å². The first-order valence-corrected chi connectivity index (χ1v) is 11.7. The second-order valence-electron chi connectivity index (χ2n) is 7.98. The van der Waals surface area contributed by atoms with Crippen LogP contribution >= 0.6 is 23.2 Å². The topological polar surface area (TPSA) is 189 Å². The minimum absolute atomic E-state index is 0.523. The van der Waals surface area contributed by atoms with Gasteiger partial charge in [0.2, 0.25) is 21.3 Å². The van der Waals surface area contributed by atoms with Crippen molar-refractivity contribution < 1.29 is 52.1 Å². The Morgan fingerprint density at radius 1 is 1.11 bits per heavy atom. The van der Waals surface area contributed by atoms with Crippen LogP contribution in [0.5, 0.6) is 0 Å². The van der Waals surface area contributed by atoms with Gasteiger partial charge in [-0.3, -0.25) is 24.2 Å². The number of nitrogens with zero attached hydrogens (tertiary/aromatic N) is 1. The molecule has 0 aliphatic carbocycles. The van der Waals surface area contributed by atoms with Gasteiger partial charge >= 0.3 is 5.91 Å². The number of carbonyl (C=O) groups is 3. The molecule has 1 aromatic carbocycles. The van der Waals surface area contributed by atoms with Crippen LogP contribution in [0.1, 0.15) is 26.3 Å². The molecule has 1 aliphatic rings. The summed E-state index contributed by atoms with van der Waals surface area (Å²) in [6, 6.07) is 4.80. The third kappa shape index (κ3) is 3.99. The average molecular weight is 554 g/mol. The fraction of sp³-hybridized carbons (Fsp3) is 0.500. The van der Waals surface area contributed by atoms with Gasteiger partial charge in [0, 0.05) is 0 Å². The summed E-state index contributed by atoms with van der Waals surface area (Å²) in [4.78, 5) is 39.5. The number of ketones is 3. The van der Waals surface area contributed by atoms with Crippen molar-refractivity contribution in [2.75, 3.05) is 0 Å². The smallest absolute Gasteiger partial charge is 0.376 e. The monoisotopic (exact) mass is 553 g/mol. The number of benzene rings is 1. The Labute approximate surface area is 209 Å². The van der Waals surface area contributed by atoms with Crippen molar-refractivity contribution in [1.82, 2.24) is 0 Å². The van der Waals surface area contributed by atoms with Crippen LogP contribution in [0.2, 0.25) is 0 Å². The van der Waals surface area contributed by atoms with Gasteiger partial charge in [-0.25, -0.2) is 15.6 Å². The minimum atomic E-state index is -5.05. The zero-order valence-electron chi connectivity index (χ0n) is 18.6. The van der Waals surface area contributed by atoms with Gasteiger partial charge in [0.05, 0.1) is 4.90 Å². The van der Waals surface area contributed by atoms with Crippen molar-refractivity contribution in [2.45, 2.75) is 65.9 Å². The third-order valence-electron chi connectivity index (χ3n) is 5.66. The SMILES string of the molecule is [C-]#[N+][C@@]1(O)O[C@](Cl)(C(O)(Cl)C(C)=O)[C@](O)(C(C)=O)[C@@](O)(C(C)=O)[C@H]1OS(=O)(=O)c1ccc(C)cc1. The number of alkyl halides is 2. The van der Waals surface area contributed by atoms with Crippen molar-refractivity contribution in [3.63, 3.8) is 0 Å². The molecule has 1 aromatic rings. The molecule has 6 atom stereocenters. The number of halogens is 2. The summed E-state index contributed by atoms with van der Waals surface area (Å²) in [6.45, 7) is 10.6. The normalized spacial score (nSPS) is 34.9. The lowest BCUT2D eigenvalue weighted by molar-refractivity contribution is -0.383. The Morgan fingerprint density at radius 2 is 1.60 bits per heavy atom. The first kappa shape index (κ1) is 29.2. The summed E-state index contributed by atoms with van der Waals surface area (Å²) in [5.74, 6) is -8.69. The molecular weight excluding hydrogens is 533 g/mol. The molecule has 2 rings (SSSR count). The van der Waals surface area contributed by atoms with Crippen molar-refractivity contribution in [1.29, 1.82) is 0 Å². The van der Waals surface area contributed by atoms with Crippen molar-refractivity contribution >= 4 is 50.7 Å². The highest BCUT2D eigenvalue weighted by atomic mass is 35.5. The van der Waals surface area contributed by atoms with Crippen LogP contribution in [0.4, 0.5) is 0 Å². The lowest BCUT2D eigenvalue weighted by atomic mass is 9.65. The maximum absolute atomic E-state index is 12.9. The Balaban J connectivity index is 2.95. The molecule has 35 heavy (non-hydrogen) atoms. The Morgan fingerprint density at radius 3 is 1.97 bits per heavy atom. The van der Waals surface area contributed by atoms with Crippen molar-refractivity contribution in [2.24, 2.45) is 0 Å². The summed E-state index contributed by atoms with van der Waals surface area (Å²) < 4.78 is 35.6. The molecule has 4 N–H and O–H groups in total. The molecule has 15 heteroatoms. The van der Waals surface area contributed by atoms with E-state index in [0.717, 1.165) is 12.1 Å². The van der Waals surface area contributed by atoms with Crippen LogP contribution in [-0.2, 0) is 33.4 Å². The zero-order chi connectivity index (χ0) is 27.4. The molecule has 1 aliphatic heterocycles. The molecule has 0 radical (unpaired) electrons. The van der Waals surface area contributed by atoms with Crippen molar-refractivity contribution in [3.05, 3.63) is 41.2 Å². The standard InChI is InChI=1S/C20H21Cl2NO11S/c1-10-6-8-14(9-7-10)35(31,32)33-15-16(27,11(2)24)17(28,12(3)25)20(22,18(21,29)13(4)26)34-19(15,30)23-5/h6-9,15,27-30H,1-4H3/t15-,16-,17+,18?,19+,20+/m1/s1. The lowest BCUT2D eigenvalue weighted by Gasteiger charge is -2.57. The lowest BCUT2D eigenvalue weighted by Crippen LogP contribution is -2.88. The van der Waals surface area contributed by atoms with Gasteiger partial charge in [-0.05, 0) is 39.8 Å². The zero-order valence-corrected chi connectivity index (χ0v) is 21.0. The fourth-order valence-corrected chi connectivity index (χ4v) is 5.41. The van der Waals surface area contributed by atoms with E-state index in [4.69, 9.17) is 38.7 Å². The number of hydrogen-bond donors (Lipinski definition) is 4. The predicted octanol–water partition coefficient (Wildman–Crippen LogP) is -0.244. The second-order valence-corrected chi connectivity index (χ2v) is 10.6. The van der Waals surface area contributed by atoms with Gasteiger partial charge in [0.15, 0.2) is 17.3 Å². The van der Waals surface area contributed by atoms with E-state index in [-0.39, 0.29) is 0 Å². The number of rotatable bonds is 7. The molecular formula is C20H21Cl2NO11S. The van der Waals surface area contributed by atoms with E-state index in [9.17, 15) is 43.2 Å². The molecule has 192 valence electrons. The van der Waals surface area contributed by atoms with E-state index in [2.05, 4.69) is 4.85 Å². The predicted molar refractivity (Wildman–Crippen MR) is 117 cm³/mol. The molecule has 0 saturated carbocycles. The van der Waals surface area contributed by atoms with E-state index in [0.29, 0.717) is 26.3 Å². The summed E-state index contributed by atoms with van der Waals surface area (Å²) in [6.07, 6.45) is -3.09. The highest BCUT2D eigenvalue weighted by molar-refractivity contribution is 7.86. The van der Waals surface area contributed by atoms with Crippen LogP contribution in [0.15, 0.2) is 29.2 Å². The van der Waals surface area contributed by atoms with Gasteiger partial charge in [0.1, 0.15) is 0 Å². The average Bonchev–Trinajstić information content (AvgIpc) is 2.74. The molecule has 1 saturated heterocycles. The highest BCUT2D eigenvalue weighted by Crippen LogP contribution is 2.57.